The van der Waals surface area contributed by atoms with E-state index >= 15 is 0 Å². The number of anilines is 1. The SMILES string of the molecule is O=C(CCc1ccc(S(=O)(=O)N2CCOCC2)cc1)NCCNc1ncccc1C(F)(F)F. The molecule has 33 heavy (non-hydrogen) atoms. The topological polar surface area (TPSA) is 101 Å². The van der Waals surface area contributed by atoms with Crippen LogP contribution in [0.3, 0.4) is 0 Å². The van der Waals surface area contributed by atoms with E-state index in [0.717, 1.165) is 11.6 Å². The number of benzene rings is 1. The summed E-state index contributed by atoms with van der Waals surface area (Å²) in [5.74, 6) is -0.551. The number of carbonyl (C=O) groups is 1. The summed E-state index contributed by atoms with van der Waals surface area (Å²) in [5.41, 5.74) is -0.0667. The van der Waals surface area contributed by atoms with Crippen LogP contribution >= 0.6 is 0 Å². The van der Waals surface area contributed by atoms with Gasteiger partial charge < -0.3 is 15.4 Å². The van der Waals surface area contributed by atoms with Crippen LogP contribution in [-0.2, 0) is 32.2 Å². The number of hydrogen-bond acceptors (Lipinski definition) is 6. The first kappa shape index (κ1) is 24.9. The molecule has 0 bridgehead atoms. The van der Waals surface area contributed by atoms with Gasteiger partial charge in [0, 0.05) is 38.8 Å². The Balaban J connectivity index is 1.42. The molecule has 1 amide bonds. The van der Waals surface area contributed by atoms with Crippen LogP contribution in [0.4, 0.5) is 19.0 Å². The molecule has 1 aromatic carbocycles. The Morgan fingerprint density at radius 1 is 1.09 bits per heavy atom. The number of amides is 1. The van der Waals surface area contributed by atoms with Crippen LogP contribution < -0.4 is 10.6 Å². The standard InChI is InChI=1S/C21H25F3N4O4S/c22-21(23,24)18-2-1-9-26-20(18)27-11-10-25-19(29)8-5-16-3-6-17(7-4-16)33(30,31)28-12-14-32-15-13-28/h1-4,6-7,9H,5,8,10-15H2,(H,25,29)(H,26,27). The van der Waals surface area contributed by atoms with Crippen LogP contribution in [0.15, 0.2) is 47.5 Å². The monoisotopic (exact) mass is 486 g/mol. The largest absolute Gasteiger partial charge is 0.419 e. The molecule has 1 aliphatic rings. The molecular weight excluding hydrogens is 461 g/mol. The lowest BCUT2D eigenvalue weighted by molar-refractivity contribution is -0.137. The molecule has 1 aromatic heterocycles. The number of nitrogens with one attached hydrogen (secondary N) is 2. The van der Waals surface area contributed by atoms with Crippen LogP contribution in [0.5, 0.6) is 0 Å². The molecule has 2 heterocycles. The zero-order chi connectivity index (χ0) is 23.9. The van der Waals surface area contributed by atoms with Crippen molar-refractivity contribution in [2.75, 3.05) is 44.7 Å². The van der Waals surface area contributed by atoms with E-state index in [1.54, 1.807) is 12.1 Å². The first-order valence-electron chi connectivity index (χ1n) is 10.4. The predicted molar refractivity (Wildman–Crippen MR) is 115 cm³/mol. The lowest BCUT2D eigenvalue weighted by Gasteiger charge is -2.26. The molecule has 0 unspecified atom stereocenters. The molecule has 180 valence electrons. The molecule has 12 heteroatoms. The van der Waals surface area contributed by atoms with Gasteiger partial charge in [0.2, 0.25) is 15.9 Å². The maximum atomic E-state index is 12.9. The van der Waals surface area contributed by atoms with Gasteiger partial charge in [0.15, 0.2) is 0 Å². The van der Waals surface area contributed by atoms with Crippen molar-refractivity contribution < 1.29 is 31.1 Å². The maximum Gasteiger partial charge on any atom is 0.419 e. The van der Waals surface area contributed by atoms with Gasteiger partial charge in [-0.15, -0.1) is 0 Å². The average molecular weight is 487 g/mol. The second kappa shape index (κ2) is 10.9. The minimum absolute atomic E-state index is 0.0833. The fourth-order valence-corrected chi connectivity index (χ4v) is 4.68. The minimum Gasteiger partial charge on any atom is -0.379 e. The number of sulfonamides is 1. The number of carbonyl (C=O) groups excluding carboxylic acids is 1. The number of aromatic nitrogens is 1. The van der Waals surface area contributed by atoms with Gasteiger partial charge in [0.05, 0.1) is 23.7 Å². The first-order chi connectivity index (χ1) is 15.7. The Hall–Kier alpha value is -2.70. The number of halogens is 3. The van der Waals surface area contributed by atoms with E-state index in [0.29, 0.717) is 32.7 Å². The maximum absolute atomic E-state index is 12.9. The highest BCUT2D eigenvalue weighted by Crippen LogP contribution is 2.33. The van der Waals surface area contributed by atoms with Crippen LogP contribution in [0.2, 0.25) is 0 Å². The summed E-state index contributed by atoms with van der Waals surface area (Å²) in [6, 6.07) is 8.52. The summed E-state index contributed by atoms with van der Waals surface area (Å²) in [6.45, 7) is 1.58. The van der Waals surface area contributed by atoms with Crippen molar-refractivity contribution in [1.82, 2.24) is 14.6 Å². The van der Waals surface area contributed by atoms with Crippen LogP contribution in [0.1, 0.15) is 17.5 Å². The van der Waals surface area contributed by atoms with Gasteiger partial charge in [0.25, 0.3) is 0 Å². The molecule has 0 radical (unpaired) electrons. The zero-order valence-corrected chi connectivity index (χ0v) is 18.6. The lowest BCUT2D eigenvalue weighted by atomic mass is 10.1. The van der Waals surface area contributed by atoms with E-state index in [4.69, 9.17) is 4.74 Å². The van der Waals surface area contributed by atoms with Gasteiger partial charge in [-0.25, -0.2) is 13.4 Å². The number of pyridine rings is 1. The summed E-state index contributed by atoms with van der Waals surface area (Å²) in [6.07, 6.45) is -2.70. The van der Waals surface area contributed by atoms with E-state index in [-0.39, 0.29) is 36.1 Å². The number of aryl methyl sites for hydroxylation is 1. The molecule has 1 fully saturated rings. The van der Waals surface area contributed by atoms with E-state index in [1.807, 2.05) is 0 Å². The van der Waals surface area contributed by atoms with Gasteiger partial charge in [0.1, 0.15) is 5.82 Å². The highest BCUT2D eigenvalue weighted by Gasteiger charge is 2.34. The quantitative estimate of drug-likeness (QED) is 0.528. The van der Waals surface area contributed by atoms with E-state index < -0.39 is 21.8 Å². The third-order valence-corrected chi connectivity index (χ3v) is 6.94. The lowest BCUT2D eigenvalue weighted by Crippen LogP contribution is -2.40. The summed E-state index contributed by atoms with van der Waals surface area (Å²) in [5, 5.41) is 5.22. The fourth-order valence-electron chi connectivity index (χ4n) is 3.27. The Morgan fingerprint density at radius 2 is 1.79 bits per heavy atom. The molecule has 1 saturated heterocycles. The van der Waals surface area contributed by atoms with Crippen molar-refractivity contribution in [3.05, 3.63) is 53.7 Å². The fraction of sp³-hybridized carbons (Fsp3) is 0.429. The van der Waals surface area contributed by atoms with E-state index in [2.05, 4.69) is 15.6 Å². The predicted octanol–water partition coefficient (Wildman–Crippen LogP) is 2.28. The van der Waals surface area contributed by atoms with Gasteiger partial charge in [-0.2, -0.15) is 17.5 Å². The Kier molecular flexibility index (Phi) is 8.27. The molecule has 1 aliphatic heterocycles. The van der Waals surface area contributed by atoms with Crippen LogP contribution in [-0.4, -0.2) is 63.0 Å². The Morgan fingerprint density at radius 3 is 2.45 bits per heavy atom. The summed E-state index contributed by atoms with van der Waals surface area (Å²) >= 11 is 0. The van der Waals surface area contributed by atoms with Gasteiger partial charge in [-0.05, 0) is 36.2 Å². The number of ether oxygens (including phenoxy) is 1. The molecule has 2 aromatic rings. The summed E-state index contributed by atoms with van der Waals surface area (Å²) in [4.78, 5) is 15.9. The highest BCUT2D eigenvalue weighted by molar-refractivity contribution is 7.89. The average Bonchev–Trinajstić information content (AvgIpc) is 2.81. The van der Waals surface area contributed by atoms with E-state index in [9.17, 15) is 26.4 Å². The van der Waals surface area contributed by atoms with Gasteiger partial charge >= 0.3 is 6.18 Å². The zero-order valence-electron chi connectivity index (χ0n) is 17.8. The highest BCUT2D eigenvalue weighted by atomic mass is 32.2. The Bertz CT molecular complexity index is 1040. The first-order valence-corrected chi connectivity index (χ1v) is 11.8. The molecule has 0 saturated carbocycles. The van der Waals surface area contributed by atoms with Crippen molar-refractivity contribution >= 4 is 21.7 Å². The summed E-state index contributed by atoms with van der Waals surface area (Å²) in [7, 11) is -3.57. The molecule has 0 spiro atoms. The van der Waals surface area contributed by atoms with Gasteiger partial charge in [-0.3, -0.25) is 4.79 Å². The molecular formula is C21H25F3N4O4S. The number of rotatable bonds is 9. The van der Waals surface area contributed by atoms with Crippen LogP contribution in [0.25, 0.3) is 0 Å². The smallest absolute Gasteiger partial charge is 0.379 e. The molecule has 3 rings (SSSR count). The number of hydrogen-bond donors (Lipinski definition) is 2. The van der Waals surface area contributed by atoms with E-state index in [1.165, 1.54) is 28.7 Å². The number of nitrogens with zero attached hydrogens (tertiary/aromatic N) is 2. The molecule has 0 atom stereocenters. The summed E-state index contributed by atoms with van der Waals surface area (Å²) < 4.78 is 70.6. The van der Waals surface area contributed by atoms with Crippen molar-refractivity contribution in [2.24, 2.45) is 0 Å². The third-order valence-electron chi connectivity index (χ3n) is 5.02. The Labute approximate surface area is 190 Å². The molecule has 8 nitrogen and oxygen atoms in total. The van der Waals surface area contributed by atoms with Crippen molar-refractivity contribution in [3.63, 3.8) is 0 Å². The second-order valence-electron chi connectivity index (χ2n) is 7.33. The van der Waals surface area contributed by atoms with Crippen LogP contribution in [0, 0.1) is 0 Å². The normalized spacial score (nSPS) is 15.2. The minimum atomic E-state index is -4.52. The van der Waals surface area contributed by atoms with Crippen molar-refractivity contribution in [3.8, 4) is 0 Å². The van der Waals surface area contributed by atoms with Crippen molar-refractivity contribution in [1.29, 1.82) is 0 Å². The van der Waals surface area contributed by atoms with Gasteiger partial charge in [-0.1, -0.05) is 12.1 Å². The second-order valence-corrected chi connectivity index (χ2v) is 9.27. The molecule has 2 N–H and O–H groups in total. The number of alkyl halides is 3. The molecule has 0 aliphatic carbocycles. The number of morpholine rings is 1. The van der Waals surface area contributed by atoms with Crippen molar-refractivity contribution in [2.45, 2.75) is 23.9 Å². The third kappa shape index (κ3) is 6.89.